The van der Waals surface area contributed by atoms with Gasteiger partial charge >= 0.3 is 6.03 Å². The van der Waals surface area contributed by atoms with Crippen molar-refractivity contribution in [2.24, 2.45) is 0 Å². The highest BCUT2D eigenvalue weighted by Crippen LogP contribution is 2.47. The van der Waals surface area contributed by atoms with E-state index in [0.717, 1.165) is 23.5 Å². The summed E-state index contributed by atoms with van der Waals surface area (Å²) >= 11 is 14.1. The molecule has 3 aromatic carbocycles. The molecule has 0 radical (unpaired) electrons. The normalized spacial score (nSPS) is 18.9. The van der Waals surface area contributed by atoms with E-state index in [1.165, 1.54) is 14.7 Å². The molecule has 2 heterocycles. The topological polar surface area (TPSA) is 52.7 Å². The quantitative estimate of drug-likeness (QED) is 0.257. The van der Waals surface area contributed by atoms with E-state index in [1.807, 2.05) is 30.3 Å². The number of nitrogens with one attached hydrogen (secondary N) is 1. The van der Waals surface area contributed by atoms with E-state index in [-0.39, 0.29) is 0 Å². The van der Waals surface area contributed by atoms with Crippen LogP contribution >= 0.6 is 35.0 Å². The molecule has 3 amide bonds. The van der Waals surface area contributed by atoms with Crippen molar-refractivity contribution in [2.45, 2.75) is 27.6 Å². The monoisotopic (exact) mass is 497 g/mol. The molecule has 5 rings (SSSR count). The Morgan fingerprint density at radius 2 is 1.64 bits per heavy atom. The molecule has 8 heteroatoms. The molecule has 5 nitrogen and oxygen atoms in total. The fourth-order valence-electron chi connectivity index (χ4n) is 4.23. The number of halogens is 2. The van der Waals surface area contributed by atoms with Crippen LogP contribution in [0.3, 0.4) is 0 Å². The number of hydrogen-bond acceptors (Lipinski definition) is 4. The van der Waals surface area contributed by atoms with Gasteiger partial charge in [-0.05, 0) is 48.4 Å². The van der Waals surface area contributed by atoms with Crippen molar-refractivity contribution in [3.05, 3.63) is 83.4 Å². The van der Waals surface area contributed by atoms with Crippen LogP contribution in [0.25, 0.3) is 0 Å². The number of anilines is 2. The van der Waals surface area contributed by atoms with E-state index >= 15 is 0 Å². The Morgan fingerprint density at radius 3 is 2.30 bits per heavy atom. The smallest absolute Gasteiger partial charge is 0.324 e. The van der Waals surface area contributed by atoms with Crippen molar-refractivity contribution in [1.29, 1.82) is 0 Å². The van der Waals surface area contributed by atoms with E-state index in [2.05, 4.69) is 34.5 Å². The highest BCUT2D eigenvalue weighted by atomic mass is 35.5. The number of β-lactam (4-membered cyclic amide) rings is 1. The van der Waals surface area contributed by atoms with E-state index in [9.17, 15) is 9.59 Å². The van der Waals surface area contributed by atoms with E-state index in [4.69, 9.17) is 23.2 Å². The van der Waals surface area contributed by atoms with Crippen LogP contribution in [0.1, 0.15) is 18.0 Å². The molecule has 1 N–H and O–H groups in total. The molecule has 3 aromatic rings. The van der Waals surface area contributed by atoms with Crippen molar-refractivity contribution >= 4 is 58.3 Å². The number of alkyl halides is 1. The van der Waals surface area contributed by atoms with Gasteiger partial charge in [-0.25, -0.2) is 4.79 Å². The lowest BCUT2D eigenvalue weighted by atomic mass is 9.94. The predicted octanol–water partition coefficient (Wildman–Crippen LogP) is 6.23. The van der Waals surface area contributed by atoms with Crippen molar-refractivity contribution in [3.8, 4) is 0 Å². The van der Waals surface area contributed by atoms with Crippen molar-refractivity contribution in [1.82, 2.24) is 10.2 Å². The number of benzene rings is 3. The summed E-state index contributed by atoms with van der Waals surface area (Å²) in [7, 11) is 0. The van der Waals surface area contributed by atoms with Crippen molar-refractivity contribution in [2.75, 3.05) is 18.0 Å². The highest BCUT2D eigenvalue weighted by Gasteiger charge is 2.50. The number of carbonyl (C=O) groups is 2. The summed E-state index contributed by atoms with van der Waals surface area (Å²) in [4.78, 5) is 31.0. The van der Waals surface area contributed by atoms with Gasteiger partial charge in [0.25, 0.3) is 5.91 Å². The van der Waals surface area contributed by atoms with E-state index in [0.29, 0.717) is 18.0 Å². The lowest BCUT2D eigenvalue weighted by molar-refractivity contribution is -0.140. The summed E-state index contributed by atoms with van der Waals surface area (Å²) < 4.78 is 0. The van der Waals surface area contributed by atoms with Gasteiger partial charge in [-0.2, -0.15) is 0 Å². The number of rotatable bonds is 5. The van der Waals surface area contributed by atoms with E-state index in [1.54, 1.807) is 30.0 Å². The minimum atomic E-state index is -0.770. The maximum absolute atomic E-state index is 12.8. The first-order valence-corrected chi connectivity index (χ1v) is 12.3. The number of likely N-dealkylation sites (tertiary alicyclic amines) is 1. The Hall–Kier alpha value is -2.67. The highest BCUT2D eigenvalue weighted by molar-refractivity contribution is 7.99. The van der Waals surface area contributed by atoms with Gasteiger partial charge in [-0.1, -0.05) is 59.8 Å². The van der Waals surface area contributed by atoms with Crippen LogP contribution in [0.15, 0.2) is 82.6 Å². The van der Waals surface area contributed by atoms with Crippen molar-refractivity contribution < 1.29 is 9.59 Å². The minimum Gasteiger partial charge on any atom is -0.340 e. The molecule has 0 saturated carbocycles. The van der Waals surface area contributed by atoms with Crippen LogP contribution in [0.5, 0.6) is 0 Å². The summed E-state index contributed by atoms with van der Waals surface area (Å²) in [6.07, 6.45) is 0.716. The van der Waals surface area contributed by atoms with Gasteiger partial charge in [-0.3, -0.25) is 9.69 Å². The third kappa shape index (κ3) is 4.19. The Morgan fingerprint density at radius 1 is 0.970 bits per heavy atom. The molecular weight excluding hydrogens is 477 g/mol. The van der Waals surface area contributed by atoms with Gasteiger partial charge in [0.15, 0.2) is 0 Å². The molecule has 1 fully saturated rings. The number of imide groups is 1. The van der Waals surface area contributed by atoms with Crippen molar-refractivity contribution in [3.63, 3.8) is 0 Å². The number of carbonyl (C=O) groups excluding carboxylic acids is 2. The molecule has 168 valence electrons. The number of para-hydroxylation sites is 2. The first kappa shape index (κ1) is 22.1. The largest absolute Gasteiger partial charge is 0.340 e. The molecule has 2 aliphatic heterocycles. The third-order valence-electron chi connectivity index (χ3n) is 5.80. The fourth-order valence-corrected chi connectivity index (χ4v) is 5.89. The molecule has 0 aliphatic carbocycles. The van der Waals surface area contributed by atoms with Gasteiger partial charge in [0.1, 0.15) is 5.38 Å². The predicted molar refractivity (Wildman–Crippen MR) is 133 cm³/mol. The number of amides is 3. The van der Waals surface area contributed by atoms with Crippen LogP contribution in [-0.4, -0.2) is 35.3 Å². The molecule has 0 spiro atoms. The summed E-state index contributed by atoms with van der Waals surface area (Å²) in [5, 5.41) is 2.65. The third-order valence-corrected chi connectivity index (χ3v) is 7.60. The number of nitrogens with zero attached hydrogens (tertiary/aromatic N) is 2. The average molecular weight is 498 g/mol. The van der Waals surface area contributed by atoms with Gasteiger partial charge in [0, 0.05) is 27.9 Å². The molecule has 2 aliphatic rings. The lowest BCUT2D eigenvalue weighted by Gasteiger charge is -2.42. The second kappa shape index (κ2) is 9.29. The van der Waals surface area contributed by atoms with E-state index < -0.39 is 23.4 Å². The average Bonchev–Trinajstić information content (AvgIpc) is 2.83. The Bertz CT molecular complexity index is 1180. The van der Waals surface area contributed by atoms with Gasteiger partial charge < -0.3 is 10.2 Å². The standard InChI is InChI=1S/C25H21Cl2N3O2S/c26-17-8-5-7-16(15-17)23-22(27)24(31)30(23)25(32)28-13-6-14-29-18-9-1-3-11-20(18)33-21-12-4-2-10-19(21)29/h1-5,7-12,15,22-23H,6,13-14H2,(H,28,32). The van der Waals surface area contributed by atoms with Gasteiger partial charge in [0.05, 0.1) is 17.4 Å². The van der Waals surface area contributed by atoms with Crippen LogP contribution in [0.2, 0.25) is 5.02 Å². The zero-order valence-electron chi connectivity index (χ0n) is 17.6. The molecule has 2 atom stereocenters. The summed E-state index contributed by atoms with van der Waals surface area (Å²) in [6, 6.07) is 22.8. The Balaban J connectivity index is 1.23. The van der Waals surface area contributed by atoms with Crippen LogP contribution in [0, 0.1) is 0 Å². The number of urea groups is 1. The first-order valence-electron chi connectivity index (χ1n) is 10.7. The van der Waals surface area contributed by atoms with Gasteiger partial charge in [0.2, 0.25) is 0 Å². The maximum atomic E-state index is 12.8. The molecule has 0 bridgehead atoms. The SMILES string of the molecule is O=C(NCCCN1c2ccccc2Sc2ccccc21)N1C(=O)C(Cl)C1c1cccc(Cl)c1. The Kier molecular flexibility index (Phi) is 6.23. The first-order chi connectivity index (χ1) is 16.0. The van der Waals surface area contributed by atoms with Gasteiger partial charge in [-0.15, -0.1) is 11.6 Å². The maximum Gasteiger partial charge on any atom is 0.324 e. The minimum absolute atomic E-state index is 0.393. The number of hydrogen-bond donors (Lipinski definition) is 1. The summed E-state index contributed by atoms with van der Waals surface area (Å²) in [6.45, 7) is 1.17. The molecule has 0 aromatic heterocycles. The van der Waals surface area contributed by atoms with Crippen LogP contribution in [0.4, 0.5) is 16.2 Å². The molecular formula is C25H21Cl2N3O2S. The molecule has 33 heavy (non-hydrogen) atoms. The zero-order chi connectivity index (χ0) is 22.9. The lowest BCUT2D eigenvalue weighted by Crippen LogP contribution is -2.61. The Labute approximate surface area is 206 Å². The fraction of sp³-hybridized carbons (Fsp3) is 0.200. The summed E-state index contributed by atoms with van der Waals surface area (Å²) in [5.41, 5.74) is 3.07. The van der Waals surface area contributed by atoms with Crippen LogP contribution < -0.4 is 10.2 Å². The summed E-state index contributed by atoms with van der Waals surface area (Å²) in [5.74, 6) is -0.393. The van der Waals surface area contributed by atoms with Crippen LogP contribution in [-0.2, 0) is 4.79 Å². The zero-order valence-corrected chi connectivity index (χ0v) is 19.9. The molecule has 2 unspecified atom stereocenters. The second-order valence-corrected chi connectivity index (χ2v) is 9.87. The number of fused-ring (bicyclic) bond motifs is 2. The second-order valence-electron chi connectivity index (χ2n) is 7.88. The molecule has 1 saturated heterocycles.